The van der Waals surface area contributed by atoms with Crippen LogP contribution in [-0.2, 0) is 163 Å². The molecular formula is C106H176O34. The molecule has 804 valence electrons. The minimum absolute atomic E-state index is 0.000204. The third-order valence-corrected chi connectivity index (χ3v) is 20.4. The van der Waals surface area contributed by atoms with Crippen molar-refractivity contribution >= 4 is 150 Å². The standard InChI is InChI=1S/C15H24O5.C13H20O5.6C13H22O4/c1-12(16)5-6-14(18)9-10-15(19)8-7-13(17)4-3-11-20-2;1-10(14)3-4-11(15)5-6-12(16)7-8-13(17)9-18-2;1-11(14)8-9-13(16)6-3-5-12(15)7-4-10-17-2;1-11(14)5-3-6-12(15)8-9-13(16)7-4-10-17-2;1-11(14)5-3-4-6-12(15)7-8-13(16)9-10-17-2;1-3-11(14)6-7-13(16)9-8-12(15)5-4-10-17-2;1-3-11(14)5-4-6-12(15)7-8-13(16)9-10-17-2;1-3-4-11(14)5-6-12(15)7-8-13(16)9-10-17-2/h3-11H2,1-2H3;3-9H2,1-2H3;6*3-10H2,1-2H3. The van der Waals surface area contributed by atoms with Crippen molar-refractivity contribution < 1.29 is 163 Å². The van der Waals surface area contributed by atoms with Crippen LogP contribution in [0.3, 0.4) is 0 Å². The van der Waals surface area contributed by atoms with Gasteiger partial charge in [0.15, 0.2) is 5.78 Å². The fraction of sp³-hybridized carbons (Fsp3) is 0.755. The van der Waals surface area contributed by atoms with Crippen LogP contribution in [0.2, 0.25) is 0 Å². The van der Waals surface area contributed by atoms with Crippen LogP contribution in [0.15, 0.2) is 0 Å². The predicted molar refractivity (Wildman–Crippen MR) is 529 cm³/mol. The third-order valence-electron chi connectivity index (χ3n) is 20.4. The first-order chi connectivity index (χ1) is 66.4. The molecule has 34 nitrogen and oxygen atoms in total. The fourth-order valence-corrected chi connectivity index (χ4v) is 11.6. The topological polar surface area (TPSA) is 518 Å². The van der Waals surface area contributed by atoms with E-state index in [9.17, 15) is 125 Å². The molecular weight excluding hydrogens is 1820 g/mol. The van der Waals surface area contributed by atoms with Crippen molar-refractivity contribution in [3.8, 4) is 0 Å². The van der Waals surface area contributed by atoms with Crippen LogP contribution >= 0.6 is 0 Å². The highest BCUT2D eigenvalue weighted by Gasteiger charge is 2.18. The average molecular weight is 1990 g/mol. The molecule has 0 spiro atoms. The van der Waals surface area contributed by atoms with Crippen LogP contribution in [0.1, 0.15) is 415 Å². The first kappa shape index (κ1) is 146. The van der Waals surface area contributed by atoms with E-state index < -0.39 is 0 Å². The summed E-state index contributed by atoms with van der Waals surface area (Å²) in [6, 6.07) is 0. The number of ether oxygens (including phenoxy) is 8. The second kappa shape index (κ2) is 109. The van der Waals surface area contributed by atoms with E-state index in [0.29, 0.717) is 271 Å². The van der Waals surface area contributed by atoms with Crippen molar-refractivity contribution in [2.24, 2.45) is 0 Å². The van der Waals surface area contributed by atoms with Crippen LogP contribution in [0.4, 0.5) is 0 Å². The molecule has 34 heteroatoms. The number of unbranched alkanes of at least 4 members (excludes halogenated alkanes) is 1. The van der Waals surface area contributed by atoms with Gasteiger partial charge in [0, 0.05) is 379 Å². The number of carbonyl (C=O) groups excluding carboxylic acids is 26. The SMILES string of the molecule is CCC(=O)CCC(=O)CCC(=O)CCCOC.CCC(=O)CCCC(=O)CCC(=O)CCOC.CCCC(=O)CCC(=O)CCC(=O)CCOC.COCC(=O)CCC(=O)CCC(=O)CCC(C)=O.COCCC(=O)CCC(=O)CCCCC(C)=O.COCCCC(=O)CCC(=O)CCC(=O)CCC(C)=O.COCCCC(=O)CCC(=O)CCCC(C)=O.COCCCC(=O)CCCC(=O)CCC(C)=O. The van der Waals surface area contributed by atoms with E-state index in [4.69, 9.17) is 33.2 Å². The van der Waals surface area contributed by atoms with Gasteiger partial charge < -0.3 is 61.9 Å². The molecule has 0 aliphatic heterocycles. The average Bonchev–Trinajstić information content (AvgIpc) is 0.950. The first-order valence-corrected chi connectivity index (χ1v) is 49.6. The maximum absolute atomic E-state index is 11.5. The van der Waals surface area contributed by atoms with Gasteiger partial charge in [-0.05, 0) is 98.8 Å². The molecule has 0 saturated heterocycles. The van der Waals surface area contributed by atoms with Gasteiger partial charge in [0.05, 0.1) is 19.8 Å². The number of Topliss-reactive ketones (excluding diaryl/α,β-unsaturated/α-hetero) is 26. The molecule has 0 amide bonds. The van der Waals surface area contributed by atoms with Crippen LogP contribution in [0, 0.1) is 0 Å². The summed E-state index contributed by atoms with van der Waals surface area (Å²) in [5, 5.41) is 0. The molecule has 0 aromatic heterocycles. The Kier molecular flexibility index (Phi) is 114. The van der Waals surface area contributed by atoms with E-state index in [1.165, 1.54) is 41.9 Å². The summed E-state index contributed by atoms with van der Waals surface area (Å²) in [6.45, 7) is 16.5. The van der Waals surface area contributed by atoms with E-state index in [0.717, 1.165) is 25.7 Å². The Labute approximate surface area is 833 Å². The summed E-state index contributed by atoms with van der Waals surface area (Å²) >= 11 is 0. The highest BCUT2D eigenvalue weighted by molar-refractivity contribution is 5.95. The number of carbonyl (C=O) groups is 26. The van der Waals surface area contributed by atoms with Gasteiger partial charge in [-0.1, -0.05) is 20.8 Å². The number of hydrogen-bond donors (Lipinski definition) is 0. The highest BCUT2D eigenvalue weighted by atomic mass is 16.5. The van der Waals surface area contributed by atoms with Crippen molar-refractivity contribution in [2.45, 2.75) is 415 Å². The minimum atomic E-state index is -0.117. The lowest BCUT2D eigenvalue weighted by Gasteiger charge is -2.01. The summed E-state index contributed by atoms with van der Waals surface area (Å²) in [4.78, 5) is 291. The zero-order valence-electron chi connectivity index (χ0n) is 88.1. The monoisotopic (exact) mass is 1990 g/mol. The zero-order valence-corrected chi connectivity index (χ0v) is 88.1. The van der Waals surface area contributed by atoms with Crippen molar-refractivity contribution in [1.29, 1.82) is 0 Å². The second-order valence-corrected chi connectivity index (χ2v) is 34.1. The molecule has 0 radical (unpaired) electrons. The lowest BCUT2D eigenvalue weighted by Crippen LogP contribution is -2.10. The Balaban J connectivity index is -0.000000237. The maximum atomic E-state index is 11.5. The molecule has 140 heavy (non-hydrogen) atoms. The van der Waals surface area contributed by atoms with Crippen LogP contribution in [0.25, 0.3) is 0 Å². The molecule has 0 bridgehead atoms. The normalized spacial score (nSPS) is 10.2. The van der Waals surface area contributed by atoms with Gasteiger partial charge in [-0.15, -0.1) is 0 Å². The number of ketones is 26. The van der Waals surface area contributed by atoms with E-state index in [2.05, 4.69) is 4.74 Å². The molecule has 0 fully saturated rings. The molecule has 0 unspecified atom stereocenters. The van der Waals surface area contributed by atoms with Crippen LogP contribution < -0.4 is 0 Å². The molecule has 0 N–H and O–H groups in total. The van der Waals surface area contributed by atoms with Gasteiger partial charge in [0.25, 0.3) is 0 Å². The number of rotatable bonds is 90. The number of hydrogen-bond acceptors (Lipinski definition) is 34. The quantitative estimate of drug-likeness (QED) is 0.0510. The Morgan fingerprint density at radius 1 is 0.129 bits per heavy atom. The second-order valence-electron chi connectivity index (χ2n) is 34.1. The summed E-state index contributed by atoms with van der Waals surface area (Å²) in [5.41, 5.74) is 0. The maximum Gasteiger partial charge on any atom is 0.158 e. The molecule has 0 saturated carbocycles. The van der Waals surface area contributed by atoms with E-state index in [1.54, 1.807) is 56.5 Å². The molecule has 0 heterocycles. The van der Waals surface area contributed by atoms with Crippen molar-refractivity contribution in [2.75, 3.05) is 110 Å². The fourth-order valence-electron chi connectivity index (χ4n) is 11.6. The molecule has 0 aromatic carbocycles. The molecule has 0 atom stereocenters. The van der Waals surface area contributed by atoms with Crippen LogP contribution in [0.5, 0.6) is 0 Å². The molecule has 0 aliphatic carbocycles. The predicted octanol–water partition coefficient (Wildman–Crippen LogP) is 15.9. The van der Waals surface area contributed by atoms with Gasteiger partial charge in [-0.3, -0.25) is 101 Å². The van der Waals surface area contributed by atoms with Gasteiger partial charge >= 0.3 is 0 Å². The zero-order chi connectivity index (χ0) is 108. The van der Waals surface area contributed by atoms with Crippen LogP contribution in [-0.4, -0.2) is 260 Å². The van der Waals surface area contributed by atoms with Crippen molar-refractivity contribution in [3.05, 3.63) is 0 Å². The Hall–Kier alpha value is -8.90. The van der Waals surface area contributed by atoms with E-state index in [1.807, 2.05) is 13.8 Å². The van der Waals surface area contributed by atoms with Gasteiger partial charge in [-0.25, -0.2) is 0 Å². The Morgan fingerprint density at radius 2 is 0.271 bits per heavy atom. The van der Waals surface area contributed by atoms with E-state index in [-0.39, 0.29) is 266 Å². The van der Waals surface area contributed by atoms with Gasteiger partial charge in [-0.2, -0.15) is 0 Å². The number of methoxy groups -OCH3 is 8. The summed E-state index contributed by atoms with van der Waals surface area (Å²) < 4.78 is 38.4. The minimum Gasteiger partial charge on any atom is -0.385 e. The molecule has 0 aliphatic rings. The largest absolute Gasteiger partial charge is 0.385 e. The van der Waals surface area contributed by atoms with Gasteiger partial charge in [0.2, 0.25) is 0 Å². The van der Waals surface area contributed by atoms with E-state index >= 15 is 0 Å². The smallest absolute Gasteiger partial charge is 0.158 e. The Bertz CT molecular complexity index is 3580. The van der Waals surface area contributed by atoms with Crippen molar-refractivity contribution in [1.82, 2.24) is 0 Å². The summed E-state index contributed by atoms with van der Waals surface area (Å²) in [6.07, 6.45) is 22.2. The lowest BCUT2D eigenvalue weighted by atomic mass is 10.0. The van der Waals surface area contributed by atoms with Crippen molar-refractivity contribution in [3.63, 3.8) is 0 Å². The third kappa shape index (κ3) is 129. The highest BCUT2D eigenvalue weighted by Crippen LogP contribution is 2.14. The first-order valence-electron chi connectivity index (χ1n) is 49.6. The summed E-state index contributed by atoms with van der Waals surface area (Å²) in [7, 11) is 12.4. The van der Waals surface area contributed by atoms with Gasteiger partial charge in [0.1, 0.15) is 151 Å². The Morgan fingerprint density at radius 3 is 0.479 bits per heavy atom. The molecule has 0 rings (SSSR count). The molecule has 0 aromatic rings. The lowest BCUT2D eigenvalue weighted by molar-refractivity contribution is -0.127. The summed E-state index contributed by atoms with van der Waals surface area (Å²) in [5.74, 6) is 1.19.